The Morgan fingerprint density at radius 1 is 1.65 bits per heavy atom. The molecule has 0 bridgehead atoms. The molecule has 1 aromatic rings. The fourth-order valence-corrected chi connectivity index (χ4v) is 2.38. The van der Waals surface area contributed by atoms with Crippen LogP contribution in [-0.4, -0.2) is 27.1 Å². The molecule has 1 aliphatic rings. The van der Waals surface area contributed by atoms with Gasteiger partial charge in [-0.25, -0.2) is 0 Å². The number of hydrogen-bond acceptors (Lipinski definition) is 2. The van der Waals surface area contributed by atoms with Crippen molar-refractivity contribution in [2.24, 2.45) is 0 Å². The van der Waals surface area contributed by atoms with Crippen molar-refractivity contribution in [1.82, 2.24) is 14.7 Å². The molecule has 2 heterocycles. The number of hydrogen-bond donors (Lipinski definition) is 0. The van der Waals surface area contributed by atoms with E-state index in [1.165, 1.54) is 6.08 Å². The Hall–Kier alpha value is -1.58. The van der Waals surface area contributed by atoms with Crippen molar-refractivity contribution in [3.05, 3.63) is 30.1 Å². The van der Waals surface area contributed by atoms with Crippen LogP contribution in [0.1, 0.15) is 44.2 Å². The van der Waals surface area contributed by atoms with Gasteiger partial charge in [0.25, 0.3) is 0 Å². The Bertz CT molecular complexity index is 450. The van der Waals surface area contributed by atoms with Crippen LogP contribution in [0.3, 0.4) is 0 Å². The van der Waals surface area contributed by atoms with Gasteiger partial charge in [0.05, 0.1) is 23.5 Å². The molecule has 17 heavy (non-hydrogen) atoms. The summed E-state index contributed by atoms with van der Waals surface area (Å²) in [6, 6.07) is 2.40. The van der Waals surface area contributed by atoms with Crippen LogP contribution >= 0.6 is 0 Å². The van der Waals surface area contributed by atoms with Crippen molar-refractivity contribution in [3.8, 4) is 0 Å². The summed E-state index contributed by atoms with van der Waals surface area (Å²) >= 11 is 0. The summed E-state index contributed by atoms with van der Waals surface area (Å²) in [5.74, 6) is -0.00477. The number of amides is 1. The molecule has 0 aromatic carbocycles. The quantitative estimate of drug-likeness (QED) is 0.734. The number of aryl methyl sites for hydroxylation is 1. The van der Waals surface area contributed by atoms with Gasteiger partial charge in [0, 0.05) is 6.54 Å². The summed E-state index contributed by atoms with van der Waals surface area (Å²) in [7, 11) is 0. The topological polar surface area (TPSA) is 38.1 Å². The lowest BCUT2D eigenvalue weighted by Crippen LogP contribution is -2.42. The van der Waals surface area contributed by atoms with Gasteiger partial charge in [0.1, 0.15) is 0 Å². The summed E-state index contributed by atoms with van der Waals surface area (Å²) < 4.78 is 2.05. The van der Waals surface area contributed by atoms with E-state index < -0.39 is 0 Å². The SMILES string of the molecule is C=CC(=O)N1CC(C)n2nc(CC)cc2C1C. The van der Waals surface area contributed by atoms with Crippen LogP contribution in [0.2, 0.25) is 0 Å². The average Bonchev–Trinajstić information content (AvgIpc) is 2.77. The van der Waals surface area contributed by atoms with E-state index in [4.69, 9.17) is 0 Å². The highest BCUT2D eigenvalue weighted by Gasteiger charge is 2.31. The van der Waals surface area contributed by atoms with Crippen LogP contribution in [-0.2, 0) is 11.2 Å². The van der Waals surface area contributed by atoms with Crippen LogP contribution in [0.15, 0.2) is 18.7 Å². The summed E-state index contributed by atoms with van der Waals surface area (Å²) in [5, 5.41) is 4.57. The zero-order valence-electron chi connectivity index (χ0n) is 10.7. The Balaban J connectivity index is 2.39. The predicted molar refractivity (Wildman–Crippen MR) is 66.6 cm³/mol. The molecule has 1 aromatic heterocycles. The molecule has 0 fully saturated rings. The molecule has 1 aliphatic heterocycles. The van der Waals surface area contributed by atoms with E-state index >= 15 is 0 Å². The van der Waals surface area contributed by atoms with Gasteiger partial charge in [0.2, 0.25) is 5.91 Å². The van der Waals surface area contributed by atoms with Crippen LogP contribution in [0.4, 0.5) is 0 Å². The minimum atomic E-state index is -0.00477. The molecule has 0 spiro atoms. The molecular weight excluding hydrogens is 214 g/mol. The summed E-state index contributed by atoms with van der Waals surface area (Å²) in [6.07, 6.45) is 2.31. The van der Waals surface area contributed by atoms with E-state index in [0.29, 0.717) is 6.54 Å². The third kappa shape index (κ3) is 1.88. The lowest BCUT2D eigenvalue weighted by atomic mass is 10.1. The summed E-state index contributed by atoms with van der Waals surface area (Å²) in [6.45, 7) is 10.5. The number of aromatic nitrogens is 2. The van der Waals surface area contributed by atoms with E-state index in [0.717, 1.165) is 17.8 Å². The summed E-state index contributed by atoms with van der Waals surface area (Å²) in [4.78, 5) is 13.6. The molecule has 0 saturated heterocycles. The molecule has 2 rings (SSSR count). The first-order chi connectivity index (χ1) is 8.08. The first-order valence-corrected chi connectivity index (χ1v) is 6.09. The van der Waals surface area contributed by atoms with Gasteiger partial charge in [-0.2, -0.15) is 5.10 Å². The fraction of sp³-hybridized carbons (Fsp3) is 0.538. The number of carbonyl (C=O) groups excluding carboxylic acids is 1. The highest BCUT2D eigenvalue weighted by Crippen LogP contribution is 2.30. The molecule has 0 N–H and O–H groups in total. The van der Waals surface area contributed by atoms with E-state index in [1.54, 1.807) is 0 Å². The van der Waals surface area contributed by atoms with Gasteiger partial charge in [-0.15, -0.1) is 0 Å². The molecule has 0 aliphatic carbocycles. The van der Waals surface area contributed by atoms with Crippen molar-refractivity contribution in [3.63, 3.8) is 0 Å². The largest absolute Gasteiger partial charge is 0.329 e. The number of carbonyl (C=O) groups is 1. The van der Waals surface area contributed by atoms with Gasteiger partial charge >= 0.3 is 0 Å². The number of rotatable bonds is 2. The fourth-order valence-electron chi connectivity index (χ4n) is 2.38. The maximum absolute atomic E-state index is 11.8. The highest BCUT2D eigenvalue weighted by atomic mass is 16.2. The summed E-state index contributed by atoms with van der Waals surface area (Å²) in [5.41, 5.74) is 2.21. The molecule has 2 atom stereocenters. The smallest absolute Gasteiger partial charge is 0.246 e. The third-order valence-corrected chi connectivity index (χ3v) is 3.41. The molecule has 0 radical (unpaired) electrons. The van der Waals surface area contributed by atoms with Crippen molar-refractivity contribution < 1.29 is 4.79 Å². The average molecular weight is 233 g/mol. The van der Waals surface area contributed by atoms with Gasteiger partial charge in [0.15, 0.2) is 0 Å². The second-order valence-corrected chi connectivity index (χ2v) is 4.58. The van der Waals surface area contributed by atoms with Crippen LogP contribution in [0.25, 0.3) is 0 Å². The van der Waals surface area contributed by atoms with Crippen molar-refractivity contribution in [2.75, 3.05) is 6.54 Å². The monoisotopic (exact) mass is 233 g/mol. The predicted octanol–water partition coefficient (Wildman–Crippen LogP) is 2.10. The first-order valence-electron chi connectivity index (χ1n) is 6.09. The van der Waals surface area contributed by atoms with E-state index in [-0.39, 0.29) is 18.0 Å². The van der Waals surface area contributed by atoms with Gasteiger partial charge < -0.3 is 4.90 Å². The number of fused-ring (bicyclic) bond motifs is 1. The molecule has 0 saturated carbocycles. The Kier molecular flexibility index (Phi) is 3.05. The zero-order valence-corrected chi connectivity index (χ0v) is 10.7. The third-order valence-electron chi connectivity index (χ3n) is 3.41. The Morgan fingerprint density at radius 3 is 2.94 bits per heavy atom. The highest BCUT2D eigenvalue weighted by molar-refractivity contribution is 5.87. The van der Waals surface area contributed by atoms with Gasteiger partial charge in [-0.1, -0.05) is 13.5 Å². The molecule has 4 heteroatoms. The molecule has 4 nitrogen and oxygen atoms in total. The minimum Gasteiger partial charge on any atom is -0.329 e. The van der Waals surface area contributed by atoms with Gasteiger partial charge in [-0.05, 0) is 32.4 Å². The maximum Gasteiger partial charge on any atom is 0.246 e. The van der Waals surface area contributed by atoms with Crippen molar-refractivity contribution in [1.29, 1.82) is 0 Å². The van der Waals surface area contributed by atoms with Crippen molar-refractivity contribution in [2.45, 2.75) is 39.3 Å². The number of nitrogens with zero attached hydrogens (tertiary/aromatic N) is 3. The van der Waals surface area contributed by atoms with Crippen LogP contribution < -0.4 is 0 Å². The Labute approximate surface area is 102 Å². The van der Waals surface area contributed by atoms with E-state index in [1.807, 2.05) is 11.8 Å². The zero-order chi connectivity index (χ0) is 12.6. The van der Waals surface area contributed by atoms with E-state index in [2.05, 4.69) is 36.3 Å². The van der Waals surface area contributed by atoms with Gasteiger partial charge in [-0.3, -0.25) is 9.48 Å². The minimum absolute atomic E-state index is 0.00477. The molecule has 92 valence electrons. The van der Waals surface area contributed by atoms with Crippen molar-refractivity contribution >= 4 is 5.91 Å². The van der Waals surface area contributed by atoms with E-state index in [9.17, 15) is 4.79 Å². The molecule has 1 amide bonds. The van der Waals surface area contributed by atoms with Crippen LogP contribution in [0, 0.1) is 0 Å². The Morgan fingerprint density at radius 2 is 2.35 bits per heavy atom. The second-order valence-electron chi connectivity index (χ2n) is 4.58. The maximum atomic E-state index is 11.8. The standard InChI is InChI=1S/C13H19N3O/c1-5-11-7-12-10(4)15(13(17)6-2)8-9(3)16(12)14-11/h6-7,9-10H,2,5,8H2,1,3-4H3. The van der Waals surface area contributed by atoms with Crippen LogP contribution in [0.5, 0.6) is 0 Å². The lowest BCUT2D eigenvalue weighted by molar-refractivity contribution is -0.129. The second kappa shape index (κ2) is 4.35. The first kappa shape index (κ1) is 11.9. The normalized spacial score (nSPS) is 23.4. The lowest BCUT2D eigenvalue weighted by Gasteiger charge is -2.36. The molecular formula is C13H19N3O. The molecule has 2 unspecified atom stereocenters.